The van der Waals surface area contributed by atoms with Crippen LogP contribution in [0.4, 0.5) is 0 Å². The molecule has 3 heteroatoms. The van der Waals surface area contributed by atoms with Crippen LogP contribution in [0.2, 0.25) is 0 Å². The fourth-order valence-electron chi connectivity index (χ4n) is 0.561. The lowest BCUT2D eigenvalue weighted by Crippen LogP contribution is -2.24. The van der Waals surface area contributed by atoms with Crippen LogP contribution in [0, 0.1) is 5.41 Å². The standard InChI is InChI=1S/C6H14N3/c1-2-3-4-5-9-6(7)8/h2-5H2,1H3,(H3,7,8). The van der Waals surface area contributed by atoms with Crippen molar-refractivity contribution < 1.29 is 0 Å². The Labute approximate surface area is 56.1 Å². The van der Waals surface area contributed by atoms with Crippen molar-refractivity contribution in [1.82, 2.24) is 5.32 Å². The first-order valence-electron chi connectivity index (χ1n) is 3.29. The average Bonchev–Trinajstić information content (AvgIpc) is 1.80. The van der Waals surface area contributed by atoms with Gasteiger partial charge in [-0.15, -0.1) is 0 Å². The molecule has 0 saturated heterocycles. The van der Waals surface area contributed by atoms with Gasteiger partial charge in [-0.05, 0) is 6.42 Å². The average molecular weight is 128 g/mol. The number of unbranched alkanes of at least 4 members (excludes halogenated alkanes) is 2. The lowest BCUT2D eigenvalue weighted by molar-refractivity contribution is 0.687. The molecule has 0 unspecified atom stereocenters. The van der Waals surface area contributed by atoms with Crippen molar-refractivity contribution in [1.29, 1.82) is 5.41 Å². The summed E-state index contributed by atoms with van der Waals surface area (Å²) >= 11 is 0. The van der Waals surface area contributed by atoms with Gasteiger partial charge in [-0.1, -0.05) is 19.8 Å². The van der Waals surface area contributed by atoms with Crippen LogP contribution in [0.3, 0.4) is 0 Å². The van der Waals surface area contributed by atoms with Crippen molar-refractivity contribution in [3.63, 3.8) is 0 Å². The van der Waals surface area contributed by atoms with E-state index < -0.39 is 0 Å². The lowest BCUT2D eigenvalue weighted by Gasteiger charge is -1.96. The quantitative estimate of drug-likeness (QED) is 0.326. The number of rotatable bonds is 4. The van der Waals surface area contributed by atoms with Crippen LogP contribution in [0.25, 0.3) is 0 Å². The molecule has 3 nitrogen and oxygen atoms in total. The van der Waals surface area contributed by atoms with E-state index in [1.807, 2.05) is 0 Å². The molecule has 0 atom stereocenters. The molecule has 0 aromatic rings. The SMILES string of the molecule is CCCCC[N]C(=N)N. The Hall–Kier alpha value is -0.730. The van der Waals surface area contributed by atoms with E-state index in [0.717, 1.165) is 6.42 Å². The van der Waals surface area contributed by atoms with Gasteiger partial charge in [-0.25, -0.2) is 0 Å². The number of guanidine groups is 1. The van der Waals surface area contributed by atoms with Gasteiger partial charge in [0.2, 0.25) is 5.96 Å². The van der Waals surface area contributed by atoms with Crippen LogP contribution in [0.15, 0.2) is 0 Å². The van der Waals surface area contributed by atoms with Gasteiger partial charge in [0.15, 0.2) is 0 Å². The molecule has 0 aliphatic rings. The summed E-state index contributed by atoms with van der Waals surface area (Å²) in [5.74, 6) is -0.0499. The van der Waals surface area contributed by atoms with E-state index in [1.54, 1.807) is 0 Å². The van der Waals surface area contributed by atoms with Crippen LogP contribution in [0.1, 0.15) is 26.2 Å². The predicted molar refractivity (Wildman–Crippen MR) is 38.4 cm³/mol. The molecule has 0 amide bonds. The van der Waals surface area contributed by atoms with E-state index in [4.69, 9.17) is 11.1 Å². The van der Waals surface area contributed by atoms with E-state index in [9.17, 15) is 0 Å². The molecule has 0 spiro atoms. The number of nitrogens with one attached hydrogen (secondary N) is 1. The Balaban J connectivity index is 2.83. The van der Waals surface area contributed by atoms with Crippen LogP contribution in [-0.4, -0.2) is 12.5 Å². The summed E-state index contributed by atoms with van der Waals surface area (Å²) in [5, 5.41) is 10.5. The minimum Gasteiger partial charge on any atom is -0.369 e. The number of nitrogens with two attached hydrogens (primary N) is 1. The molecule has 0 aliphatic heterocycles. The predicted octanol–water partition coefficient (Wildman–Crippen LogP) is 0.674. The Kier molecular flexibility index (Phi) is 4.97. The Bertz CT molecular complexity index is 80.4. The number of hydrogen-bond donors (Lipinski definition) is 2. The summed E-state index contributed by atoms with van der Waals surface area (Å²) in [4.78, 5) is 0. The normalized spacial score (nSPS) is 9.00. The zero-order valence-electron chi connectivity index (χ0n) is 5.85. The smallest absolute Gasteiger partial charge is 0.207 e. The second-order valence-corrected chi connectivity index (χ2v) is 1.97. The number of hydrogen-bond acceptors (Lipinski definition) is 1. The van der Waals surface area contributed by atoms with E-state index in [0.29, 0.717) is 6.54 Å². The highest BCUT2D eigenvalue weighted by Gasteiger charge is 1.88. The van der Waals surface area contributed by atoms with Crippen LogP contribution >= 0.6 is 0 Å². The second kappa shape index (κ2) is 5.41. The highest BCUT2D eigenvalue weighted by Crippen LogP contribution is 1.90. The Morgan fingerprint density at radius 3 is 2.67 bits per heavy atom. The summed E-state index contributed by atoms with van der Waals surface area (Å²) in [6.45, 7) is 2.84. The molecule has 3 N–H and O–H groups in total. The summed E-state index contributed by atoms with van der Waals surface area (Å²) in [7, 11) is 0. The van der Waals surface area contributed by atoms with E-state index in [-0.39, 0.29) is 5.96 Å². The summed E-state index contributed by atoms with van der Waals surface area (Å²) in [6.07, 6.45) is 3.42. The Morgan fingerprint density at radius 2 is 2.22 bits per heavy atom. The summed E-state index contributed by atoms with van der Waals surface area (Å²) < 4.78 is 0. The van der Waals surface area contributed by atoms with Gasteiger partial charge in [0.25, 0.3) is 0 Å². The van der Waals surface area contributed by atoms with Gasteiger partial charge in [0, 0.05) is 6.54 Å². The molecule has 0 bridgehead atoms. The molecular weight excluding hydrogens is 114 g/mol. The molecule has 0 aliphatic carbocycles. The topological polar surface area (TPSA) is 64.0 Å². The van der Waals surface area contributed by atoms with Crippen molar-refractivity contribution >= 4 is 5.96 Å². The lowest BCUT2D eigenvalue weighted by atomic mass is 10.2. The zero-order chi connectivity index (χ0) is 7.11. The van der Waals surface area contributed by atoms with Crippen molar-refractivity contribution in [3.05, 3.63) is 0 Å². The van der Waals surface area contributed by atoms with E-state index in [2.05, 4.69) is 12.2 Å². The molecule has 1 radical (unpaired) electrons. The van der Waals surface area contributed by atoms with Crippen molar-refractivity contribution in [3.8, 4) is 0 Å². The van der Waals surface area contributed by atoms with Gasteiger partial charge in [-0.3, -0.25) is 10.7 Å². The minimum absolute atomic E-state index is 0.0499. The third kappa shape index (κ3) is 7.27. The second-order valence-electron chi connectivity index (χ2n) is 1.97. The van der Waals surface area contributed by atoms with Crippen LogP contribution < -0.4 is 11.1 Å². The molecule has 53 valence electrons. The van der Waals surface area contributed by atoms with Gasteiger partial charge >= 0.3 is 0 Å². The van der Waals surface area contributed by atoms with Crippen LogP contribution in [0.5, 0.6) is 0 Å². The van der Waals surface area contributed by atoms with Gasteiger partial charge in [0.05, 0.1) is 0 Å². The van der Waals surface area contributed by atoms with E-state index >= 15 is 0 Å². The van der Waals surface area contributed by atoms with Crippen molar-refractivity contribution in [2.75, 3.05) is 6.54 Å². The maximum Gasteiger partial charge on any atom is 0.207 e. The first kappa shape index (κ1) is 8.27. The van der Waals surface area contributed by atoms with E-state index in [1.165, 1.54) is 12.8 Å². The molecule has 0 aromatic heterocycles. The van der Waals surface area contributed by atoms with Crippen LogP contribution in [-0.2, 0) is 0 Å². The first-order valence-corrected chi connectivity index (χ1v) is 3.29. The van der Waals surface area contributed by atoms with Gasteiger partial charge in [0.1, 0.15) is 0 Å². The fraction of sp³-hybridized carbons (Fsp3) is 0.833. The molecule has 0 saturated carbocycles. The largest absolute Gasteiger partial charge is 0.369 e. The molecule has 0 rings (SSSR count). The Morgan fingerprint density at radius 1 is 1.56 bits per heavy atom. The third-order valence-electron chi connectivity index (χ3n) is 1.04. The van der Waals surface area contributed by atoms with Gasteiger partial charge < -0.3 is 5.73 Å². The summed E-state index contributed by atoms with van der Waals surface area (Å²) in [5.41, 5.74) is 4.99. The minimum atomic E-state index is -0.0499. The first-order chi connectivity index (χ1) is 4.27. The maximum atomic E-state index is 6.74. The zero-order valence-corrected chi connectivity index (χ0v) is 5.85. The molecule has 9 heavy (non-hydrogen) atoms. The van der Waals surface area contributed by atoms with Crippen molar-refractivity contribution in [2.24, 2.45) is 5.73 Å². The van der Waals surface area contributed by atoms with Crippen molar-refractivity contribution in [2.45, 2.75) is 26.2 Å². The maximum absolute atomic E-state index is 6.74. The summed E-state index contributed by atoms with van der Waals surface area (Å²) in [6, 6.07) is 0. The highest BCUT2D eigenvalue weighted by molar-refractivity contribution is 5.73. The molecule has 0 heterocycles. The highest BCUT2D eigenvalue weighted by atomic mass is 15.0. The molecular formula is C6H14N3. The third-order valence-corrected chi connectivity index (χ3v) is 1.04. The monoisotopic (exact) mass is 128 g/mol. The van der Waals surface area contributed by atoms with Gasteiger partial charge in [-0.2, -0.15) is 0 Å². The fourth-order valence-corrected chi connectivity index (χ4v) is 0.561. The molecule has 0 fully saturated rings. The molecule has 0 aromatic carbocycles. The number of nitrogens with zero attached hydrogens (tertiary/aromatic N) is 1.